The normalized spacial score (nSPS) is 10.9. The smallest absolute Gasteiger partial charge is 0.161 e. The Morgan fingerprint density at radius 1 is 0.789 bits per heavy atom. The van der Waals surface area contributed by atoms with E-state index in [9.17, 15) is 0 Å². The fraction of sp³-hybridized carbons (Fsp3) is 0. The van der Waals surface area contributed by atoms with Crippen LogP contribution in [-0.4, -0.2) is 9.97 Å². The van der Waals surface area contributed by atoms with E-state index in [0.717, 1.165) is 16.5 Å². The van der Waals surface area contributed by atoms with Gasteiger partial charge in [0.25, 0.3) is 0 Å². The zero-order chi connectivity index (χ0) is 13.4. The molecule has 1 heterocycles. The first-order valence-electron chi connectivity index (χ1n) is 5.53. The number of hydrogen-bond donors (Lipinski definition) is 0. The van der Waals surface area contributed by atoms with Crippen molar-refractivity contribution in [2.24, 2.45) is 0 Å². The minimum absolute atomic E-state index is 0.423. The first-order valence-corrected chi connectivity index (χ1v) is 6.66. The Morgan fingerprint density at radius 3 is 2.37 bits per heavy atom. The molecule has 0 saturated carbocycles. The molecule has 1 aromatic heterocycles. The highest BCUT2D eigenvalue weighted by Crippen LogP contribution is 2.29. The molecule has 5 heteroatoms. The van der Waals surface area contributed by atoms with Crippen LogP contribution in [0, 0.1) is 0 Å². The van der Waals surface area contributed by atoms with Crippen LogP contribution in [0.15, 0.2) is 42.5 Å². The van der Waals surface area contributed by atoms with Gasteiger partial charge in [0.15, 0.2) is 5.82 Å². The Labute approximate surface area is 125 Å². The predicted octanol–water partition coefficient (Wildman–Crippen LogP) is 5.26. The van der Waals surface area contributed by atoms with Crippen molar-refractivity contribution >= 4 is 45.7 Å². The van der Waals surface area contributed by atoms with Gasteiger partial charge in [-0.05, 0) is 30.3 Å². The lowest BCUT2D eigenvalue weighted by Crippen LogP contribution is -1.91. The highest BCUT2D eigenvalue weighted by atomic mass is 35.5. The number of rotatable bonds is 1. The van der Waals surface area contributed by atoms with Crippen LogP contribution in [0.3, 0.4) is 0 Å². The predicted molar refractivity (Wildman–Crippen MR) is 80.0 cm³/mol. The summed E-state index contributed by atoms with van der Waals surface area (Å²) < 4.78 is 0. The van der Waals surface area contributed by atoms with E-state index < -0.39 is 0 Å². The molecule has 0 spiro atoms. The second kappa shape index (κ2) is 4.97. The Kier molecular flexibility index (Phi) is 3.31. The Balaban J connectivity index is 2.22. The third-order valence-corrected chi connectivity index (χ3v) is 3.76. The summed E-state index contributed by atoms with van der Waals surface area (Å²) in [5.74, 6) is 0.530. The highest BCUT2D eigenvalue weighted by molar-refractivity contribution is 6.42. The number of hydrogen-bond acceptors (Lipinski definition) is 2. The molecule has 0 unspecified atom stereocenters. The molecule has 0 fully saturated rings. The number of fused-ring (bicyclic) bond motifs is 1. The maximum Gasteiger partial charge on any atom is 0.161 e. The second-order valence-corrected chi connectivity index (χ2v) is 5.16. The minimum atomic E-state index is 0.423. The summed E-state index contributed by atoms with van der Waals surface area (Å²) in [5.41, 5.74) is 1.57. The molecule has 0 N–H and O–H groups in total. The van der Waals surface area contributed by atoms with Gasteiger partial charge in [-0.1, -0.05) is 46.9 Å². The van der Waals surface area contributed by atoms with Crippen molar-refractivity contribution in [1.82, 2.24) is 9.97 Å². The molecule has 0 aliphatic heterocycles. The molecule has 3 aromatic rings. The summed E-state index contributed by atoms with van der Waals surface area (Å²) in [5, 5.41) is 2.21. The molecule has 0 bridgehead atoms. The summed E-state index contributed by atoms with van der Waals surface area (Å²) in [6, 6.07) is 12.8. The standard InChI is InChI=1S/C14H7Cl3N2/c15-10-6-5-8(7-11(10)16)14-18-12-4-2-1-3-9(12)13(17)19-14/h1-7H. The topological polar surface area (TPSA) is 25.8 Å². The van der Waals surface area contributed by atoms with E-state index in [1.165, 1.54) is 0 Å². The van der Waals surface area contributed by atoms with Crippen molar-refractivity contribution in [3.05, 3.63) is 57.7 Å². The van der Waals surface area contributed by atoms with Crippen LogP contribution in [-0.2, 0) is 0 Å². The average molecular weight is 310 g/mol. The fourth-order valence-electron chi connectivity index (χ4n) is 1.80. The van der Waals surface area contributed by atoms with Gasteiger partial charge in [-0.15, -0.1) is 0 Å². The van der Waals surface area contributed by atoms with E-state index in [1.54, 1.807) is 12.1 Å². The van der Waals surface area contributed by atoms with Gasteiger partial charge in [0.1, 0.15) is 5.15 Å². The van der Waals surface area contributed by atoms with E-state index in [2.05, 4.69) is 9.97 Å². The number of para-hydroxylation sites is 1. The zero-order valence-electron chi connectivity index (χ0n) is 9.57. The Bertz CT molecular complexity index is 772. The van der Waals surface area contributed by atoms with E-state index in [4.69, 9.17) is 34.8 Å². The molecule has 0 saturated heterocycles. The van der Waals surface area contributed by atoms with Crippen LogP contribution < -0.4 is 0 Å². The molecule has 0 aliphatic carbocycles. The SMILES string of the molecule is Clc1ccc(-c2nc(Cl)c3ccccc3n2)cc1Cl. The van der Waals surface area contributed by atoms with Gasteiger partial charge in [0.2, 0.25) is 0 Å². The number of aromatic nitrogens is 2. The van der Waals surface area contributed by atoms with E-state index in [1.807, 2.05) is 30.3 Å². The molecule has 0 atom stereocenters. The van der Waals surface area contributed by atoms with E-state index in [-0.39, 0.29) is 0 Å². The summed E-state index contributed by atoms with van der Waals surface area (Å²) in [6.45, 7) is 0. The molecule has 3 rings (SSSR count). The third-order valence-electron chi connectivity index (χ3n) is 2.73. The first-order chi connectivity index (χ1) is 9.15. The quantitative estimate of drug-likeness (QED) is 0.573. The third kappa shape index (κ3) is 2.39. The van der Waals surface area contributed by atoms with E-state index in [0.29, 0.717) is 21.0 Å². The van der Waals surface area contributed by atoms with Gasteiger partial charge < -0.3 is 0 Å². The summed E-state index contributed by atoms with van der Waals surface area (Å²) in [7, 11) is 0. The number of benzene rings is 2. The van der Waals surface area contributed by atoms with Crippen molar-refractivity contribution in [2.75, 3.05) is 0 Å². The summed E-state index contributed by atoms with van der Waals surface area (Å²) in [4.78, 5) is 8.77. The maximum absolute atomic E-state index is 6.17. The molecule has 19 heavy (non-hydrogen) atoms. The van der Waals surface area contributed by atoms with Crippen molar-refractivity contribution in [2.45, 2.75) is 0 Å². The molecule has 2 aromatic carbocycles. The summed E-state index contributed by atoms with van der Waals surface area (Å²) in [6.07, 6.45) is 0. The Hall–Kier alpha value is -1.35. The molecule has 0 radical (unpaired) electrons. The largest absolute Gasteiger partial charge is 0.228 e. The van der Waals surface area contributed by atoms with Crippen molar-refractivity contribution in [3.8, 4) is 11.4 Å². The van der Waals surface area contributed by atoms with Crippen LogP contribution in [0.4, 0.5) is 0 Å². The van der Waals surface area contributed by atoms with E-state index >= 15 is 0 Å². The Morgan fingerprint density at radius 2 is 1.58 bits per heavy atom. The second-order valence-electron chi connectivity index (χ2n) is 3.98. The van der Waals surface area contributed by atoms with Crippen LogP contribution in [0.25, 0.3) is 22.3 Å². The van der Waals surface area contributed by atoms with Gasteiger partial charge >= 0.3 is 0 Å². The van der Waals surface area contributed by atoms with Gasteiger partial charge in [0.05, 0.1) is 15.6 Å². The molecule has 0 amide bonds. The van der Waals surface area contributed by atoms with Crippen LogP contribution in [0.2, 0.25) is 15.2 Å². The zero-order valence-corrected chi connectivity index (χ0v) is 11.8. The van der Waals surface area contributed by atoms with Gasteiger partial charge in [-0.25, -0.2) is 9.97 Å². The lowest BCUT2D eigenvalue weighted by Gasteiger charge is -2.05. The fourth-order valence-corrected chi connectivity index (χ4v) is 2.34. The lowest BCUT2D eigenvalue weighted by molar-refractivity contribution is 1.23. The van der Waals surface area contributed by atoms with Gasteiger partial charge in [-0.2, -0.15) is 0 Å². The lowest BCUT2D eigenvalue weighted by atomic mass is 10.2. The molecule has 0 aliphatic rings. The van der Waals surface area contributed by atoms with Crippen molar-refractivity contribution in [3.63, 3.8) is 0 Å². The number of nitrogens with zero attached hydrogens (tertiary/aromatic N) is 2. The van der Waals surface area contributed by atoms with Crippen LogP contribution >= 0.6 is 34.8 Å². The molecular formula is C14H7Cl3N2. The van der Waals surface area contributed by atoms with Crippen LogP contribution in [0.1, 0.15) is 0 Å². The first kappa shape index (κ1) is 12.7. The number of halogens is 3. The molecular weight excluding hydrogens is 303 g/mol. The average Bonchev–Trinajstić information content (AvgIpc) is 2.42. The van der Waals surface area contributed by atoms with Crippen molar-refractivity contribution in [1.29, 1.82) is 0 Å². The van der Waals surface area contributed by atoms with Crippen LogP contribution in [0.5, 0.6) is 0 Å². The summed E-state index contributed by atoms with van der Waals surface area (Å²) >= 11 is 18.1. The molecule has 2 nitrogen and oxygen atoms in total. The highest BCUT2D eigenvalue weighted by Gasteiger charge is 2.09. The monoisotopic (exact) mass is 308 g/mol. The maximum atomic E-state index is 6.17. The van der Waals surface area contributed by atoms with Gasteiger partial charge in [-0.3, -0.25) is 0 Å². The molecule has 94 valence electrons. The van der Waals surface area contributed by atoms with Gasteiger partial charge in [0, 0.05) is 10.9 Å². The van der Waals surface area contributed by atoms with Crippen molar-refractivity contribution < 1.29 is 0 Å². The minimum Gasteiger partial charge on any atom is -0.228 e.